The quantitative estimate of drug-likeness (QED) is 0.524. The van der Waals surface area contributed by atoms with E-state index in [9.17, 15) is 9.90 Å². The van der Waals surface area contributed by atoms with Crippen molar-refractivity contribution < 1.29 is 14.9 Å². The van der Waals surface area contributed by atoms with Gasteiger partial charge in [-0.25, -0.2) is 9.89 Å². The Kier molecular flexibility index (Phi) is 2.36. The molecule has 1 aliphatic heterocycles. The molecule has 2 rings (SSSR count). The molecule has 1 aliphatic rings. The van der Waals surface area contributed by atoms with Gasteiger partial charge in [0.2, 0.25) is 0 Å². The summed E-state index contributed by atoms with van der Waals surface area (Å²) in [5.41, 5.74) is -0.388. The molecule has 0 amide bonds. The maximum Gasteiger partial charge on any atom is 0.345 e. The van der Waals surface area contributed by atoms with Gasteiger partial charge in [-0.2, -0.15) is 5.10 Å². The molecule has 0 bridgehead atoms. The predicted octanol–water partition coefficient (Wildman–Crippen LogP) is -1.79. The monoisotopic (exact) mass is 201 g/mol. The van der Waals surface area contributed by atoms with Crippen molar-refractivity contribution in [3.8, 4) is 0 Å². The summed E-state index contributed by atoms with van der Waals surface area (Å²) in [6, 6.07) is 0. The summed E-state index contributed by atoms with van der Waals surface area (Å²) >= 11 is 0. The predicted molar refractivity (Wildman–Crippen MR) is 44.5 cm³/mol. The first-order chi connectivity index (χ1) is 6.72. The van der Waals surface area contributed by atoms with E-state index in [2.05, 4.69) is 10.2 Å². The van der Waals surface area contributed by atoms with Crippen molar-refractivity contribution >= 4 is 0 Å². The van der Waals surface area contributed by atoms with Gasteiger partial charge in [-0.05, 0) is 0 Å². The van der Waals surface area contributed by atoms with E-state index in [-0.39, 0.29) is 18.7 Å². The first-order valence-electron chi connectivity index (χ1n) is 4.28. The normalized spacial score (nSPS) is 32.3. The van der Waals surface area contributed by atoms with Crippen LogP contribution in [0.3, 0.4) is 0 Å². The maximum atomic E-state index is 11.1. The van der Waals surface area contributed by atoms with Crippen LogP contribution >= 0.6 is 0 Å². The van der Waals surface area contributed by atoms with Gasteiger partial charge in [0.15, 0.2) is 0 Å². The molecule has 3 atom stereocenters. The van der Waals surface area contributed by atoms with E-state index in [1.165, 1.54) is 10.9 Å². The minimum Gasteiger partial charge on any atom is -0.394 e. The molecule has 1 aromatic rings. The maximum absolute atomic E-state index is 11.1. The van der Waals surface area contributed by atoms with Crippen molar-refractivity contribution in [3.05, 3.63) is 16.8 Å². The molecule has 78 valence electrons. The van der Waals surface area contributed by atoms with Crippen LogP contribution in [0, 0.1) is 0 Å². The van der Waals surface area contributed by atoms with E-state index in [0.717, 1.165) is 0 Å². The van der Waals surface area contributed by atoms with Crippen molar-refractivity contribution in [2.45, 2.75) is 24.9 Å². The fourth-order valence-electron chi connectivity index (χ4n) is 1.51. The number of aliphatic hydroxyl groups is 2. The van der Waals surface area contributed by atoms with Crippen LogP contribution in [0.2, 0.25) is 0 Å². The number of nitrogens with one attached hydrogen (secondary N) is 1. The highest BCUT2D eigenvalue weighted by Gasteiger charge is 2.35. The van der Waals surface area contributed by atoms with E-state index >= 15 is 0 Å². The van der Waals surface area contributed by atoms with Crippen molar-refractivity contribution in [1.29, 1.82) is 0 Å². The number of hydrogen-bond donors (Lipinski definition) is 3. The topological polar surface area (TPSA) is 100 Å². The third-order valence-electron chi connectivity index (χ3n) is 2.27. The zero-order valence-corrected chi connectivity index (χ0v) is 7.33. The summed E-state index contributed by atoms with van der Waals surface area (Å²) in [6.45, 7) is -0.260. The average molecular weight is 201 g/mol. The lowest BCUT2D eigenvalue weighted by atomic mass is 10.2. The number of hydrogen-bond acceptors (Lipinski definition) is 5. The molecular weight excluding hydrogens is 190 g/mol. The molecule has 0 saturated carbocycles. The molecule has 0 aliphatic carbocycles. The van der Waals surface area contributed by atoms with E-state index in [0.29, 0.717) is 0 Å². The zero-order chi connectivity index (χ0) is 10.1. The Labute approximate surface area is 78.9 Å². The number of aliphatic hydroxyl groups excluding tert-OH is 2. The Morgan fingerprint density at radius 3 is 3.07 bits per heavy atom. The molecule has 0 aromatic carbocycles. The van der Waals surface area contributed by atoms with Crippen LogP contribution in [0.25, 0.3) is 0 Å². The molecule has 3 N–H and O–H groups in total. The van der Waals surface area contributed by atoms with Crippen molar-refractivity contribution in [2.75, 3.05) is 6.61 Å². The molecule has 0 unspecified atom stereocenters. The number of aromatic nitrogens is 3. The first kappa shape index (κ1) is 9.38. The fraction of sp³-hybridized carbons (Fsp3) is 0.714. The highest BCUT2D eigenvalue weighted by molar-refractivity contribution is 4.81. The van der Waals surface area contributed by atoms with Gasteiger partial charge in [-0.15, -0.1) is 0 Å². The molecule has 2 heterocycles. The minimum atomic E-state index is -0.744. The first-order valence-corrected chi connectivity index (χ1v) is 4.28. The smallest absolute Gasteiger partial charge is 0.345 e. The fourth-order valence-corrected chi connectivity index (χ4v) is 1.51. The van der Waals surface area contributed by atoms with E-state index in [4.69, 9.17) is 9.84 Å². The van der Waals surface area contributed by atoms with Crippen LogP contribution in [-0.4, -0.2) is 43.8 Å². The third kappa shape index (κ3) is 1.45. The van der Waals surface area contributed by atoms with Crippen LogP contribution in [0.4, 0.5) is 0 Å². The Bertz CT molecular complexity index is 360. The summed E-state index contributed by atoms with van der Waals surface area (Å²) in [5, 5.41) is 24.0. The summed E-state index contributed by atoms with van der Waals surface area (Å²) in [6.07, 6.45) is -0.327. The van der Waals surface area contributed by atoms with Gasteiger partial charge in [0.1, 0.15) is 18.7 Å². The lowest BCUT2D eigenvalue weighted by Gasteiger charge is -2.11. The molecule has 0 radical (unpaired) electrons. The van der Waals surface area contributed by atoms with Gasteiger partial charge < -0.3 is 14.9 Å². The van der Waals surface area contributed by atoms with Crippen molar-refractivity contribution in [1.82, 2.24) is 14.8 Å². The Morgan fingerprint density at radius 1 is 1.79 bits per heavy atom. The molecular formula is C7H11N3O4. The second kappa shape index (κ2) is 3.52. The second-order valence-corrected chi connectivity index (χ2v) is 3.18. The summed E-state index contributed by atoms with van der Waals surface area (Å²) in [4.78, 5) is 11.1. The van der Waals surface area contributed by atoms with Gasteiger partial charge in [-0.3, -0.25) is 4.57 Å². The van der Waals surface area contributed by atoms with Crippen LogP contribution < -0.4 is 5.69 Å². The third-order valence-corrected chi connectivity index (χ3v) is 2.27. The van der Waals surface area contributed by atoms with Gasteiger partial charge >= 0.3 is 5.69 Å². The Hall–Kier alpha value is -1.18. The molecule has 1 aromatic heterocycles. The molecule has 7 heteroatoms. The summed E-state index contributed by atoms with van der Waals surface area (Å²) in [7, 11) is 0. The lowest BCUT2D eigenvalue weighted by Crippen LogP contribution is -2.25. The molecule has 1 saturated heterocycles. The lowest BCUT2D eigenvalue weighted by molar-refractivity contribution is -0.0454. The standard InChI is InChI=1S/C7H11N3O4/c11-2-5-4(12)1-6(14-5)10-3-8-9-7(10)13/h3-6,11-12H,1-2H2,(H,9,13)/t4-,5+,6+/m0/s1. The zero-order valence-electron chi connectivity index (χ0n) is 7.33. The number of nitrogens with zero attached hydrogens (tertiary/aromatic N) is 2. The number of H-pyrrole nitrogens is 1. The largest absolute Gasteiger partial charge is 0.394 e. The van der Waals surface area contributed by atoms with Crippen LogP contribution in [0.5, 0.6) is 0 Å². The number of aromatic amines is 1. The number of rotatable bonds is 2. The highest BCUT2D eigenvalue weighted by atomic mass is 16.5. The summed E-state index contributed by atoms with van der Waals surface area (Å²) in [5.74, 6) is 0. The Morgan fingerprint density at radius 2 is 2.57 bits per heavy atom. The minimum absolute atomic E-state index is 0.260. The Balaban J connectivity index is 2.16. The summed E-state index contributed by atoms with van der Waals surface area (Å²) < 4.78 is 6.50. The van der Waals surface area contributed by atoms with Crippen LogP contribution in [-0.2, 0) is 4.74 Å². The van der Waals surface area contributed by atoms with Crippen LogP contribution in [0.1, 0.15) is 12.6 Å². The highest BCUT2D eigenvalue weighted by Crippen LogP contribution is 2.26. The molecule has 7 nitrogen and oxygen atoms in total. The van der Waals surface area contributed by atoms with Crippen molar-refractivity contribution in [2.24, 2.45) is 0 Å². The molecule has 14 heavy (non-hydrogen) atoms. The van der Waals surface area contributed by atoms with Gasteiger partial charge in [0, 0.05) is 6.42 Å². The van der Waals surface area contributed by atoms with Gasteiger partial charge in [0.05, 0.1) is 12.7 Å². The van der Waals surface area contributed by atoms with Crippen LogP contribution in [0.15, 0.2) is 11.1 Å². The van der Waals surface area contributed by atoms with Gasteiger partial charge in [-0.1, -0.05) is 0 Å². The van der Waals surface area contributed by atoms with E-state index < -0.39 is 18.4 Å². The SMILES string of the molecule is O=c1[nH]ncn1[C@H]1C[C@H](O)[C@@H](CO)O1. The van der Waals surface area contributed by atoms with Gasteiger partial charge in [0.25, 0.3) is 0 Å². The average Bonchev–Trinajstić information content (AvgIpc) is 2.71. The van der Waals surface area contributed by atoms with E-state index in [1.54, 1.807) is 0 Å². The van der Waals surface area contributed by atoms with E-state index in [1.807, 2.05) is 0 Å². The number of ether oxygens (including phenoxy) is 1. The van der Waals surface area contributed by atoms with Crippen molar-refractivity contribution in [3.63, 3.8) is 0 Å². The molecule has 0 spiro atoms. The second-order valence-electron chi connectivity index (χ2n) is 3.18. The molecule has 1 fully saturated rings.